The molecule has 20 heavy (non-hydrogen) atoms. The number of aryl methyl sites for hydroxylation is 1. The summed E-state index contributed by atoms with van der Waals surface area (Å²) in [6.07, 6.45) is 0.567. The molecule has 0 saturated heterocycles. The molecule has 1 fully saturated rings. The van der Waals surface area contributed by atoms with Crippen LogP contribution in [0.25, 0.3) is 0 Å². The van der Waals surface area contributed by atoms with Crippen molar-refractivity contribution in [2.24, 2.45) is 11.7 Å². The number of alkyl halides is 3. The molecular formula is C14H20F3N3. The minimum atomic E-state index is -4.08. The van der Waals surface area contributed by atoms with Crippen molar-refractivity contribution in [1.29, 1.82) is 0 Å². The number of hydrogen-bond donors (Lipinski definition) is 2. The average Bonchev–Trinajstić information content (AvgIpc) is 2.83. The van der Waals surface area contributed by atoms with E-state index in [0.29, 0.717) is 6.42 Å². The third-order valence-electron chi connectivity index (χ3n) is 4.65. The number of fused-ring (bicyclic) bond motifs is 1. The molecule has 0 spiro atoms. The monoisotopic (exact) mass is 287 g/mol. The molecule has 0 aliphatic heterocycles. The lowest BCUT2D eigenvalue weighted by molar-refractivity contribution is -0.183. The van der Waals surface area contributed by atoms with Gasteiger partial charge in [0.25, 0.3) is 0 Å². The topological polar surface area (TPSA) is 54.7 Å². The second-order valence-corrected chi connectivity index (χ2v) is 6.09. The van der Waals surface area contributed by atoms with Gasteiger partial charge in [-0.25, -0.2) is 4.98 Å². The first-order chi connectivity index (χ1) is 9.45. The van der Waals surface area contributed by atoms with Gasteiger partial charge in [-0.05, 0) is 38.5 Å². The van der Waals surface area contributed by atoms with Crippen molar-refractivity contribution >= 4 is 0 Å². The Labute approximate surface area is 116 Å². The number of aromatic nitrogens is 2. The summed E-state index contributed by atoms with van der Waals surface area (Å²) < 4.78 is 38.6. The van der Waals surface area contributed by atoms with Crippen LogP contribution in [-0.4, -0.2) is 16.1 Å². The van der Waals surface area contributed by atoms with Crippen molar-refractivity contribution in [3.63, 3.8) is 0 Å². The molecule has 0 amide bonds. The maximum Gasteiger partial charge on any atom is 0.391 e. The summed E-state index contributed by atoms with van der Waals surface area (Å²) in [7, 11) is 0. The van der Waals surface area contributed by atoms with Crippen molar-refractivity contribution in [1.82, 2.24) is 9.97 Å². The summed E-state index contributed by atoms with van der Waals surface area (Å²) in [5.41, 5.74) is 7.93. The highest BCUT2D eigenvalue weighted by atomic mass is 19.4. The Morgan fingerprint density at radius 2 is 1.95 bits per heavy atom. The molecule has 3 N–H and O–H groups in total. The van der Waals surface area contributed by atoms with Crippen molar-refractivity contribution in [3.05, 3.63) is 17.2 Å². The number of imidazole rings is 1. The Morgan fingerprint density at radius 1 is 1.15 bits per heavy atom. The Hall–Kier alpha value is -1.04. The Kier molecular flexibility index (Phi) is 3.52. The van der Waals surface area contributed by atoms with E-state index in [1.807, 2.05) is 0 Å². The summed E-state index contributed by atoms with van der Waals surface area (Å²) >= 11 is 0. The molecule has 3 unspecified atom stereocenters. The van der Waals surface area contributed by atoms with Crippen molar-refractivity contribution in [2.45, 2.75) is 63.1 Å². The molecule has 3 atom stereocenters. The van der Waals surface area contributed by atoms with Crippen LogP contribution in [0.2, 0.25) is 0 Å². The van der Waals surface area contributed by atoms with E-state index in [1.165, 1.54) is 0 Å². The third-order valence-corrected chi connectivity index (χ3v) is 4.65. The largest absolute Gasteiger partial charge is 0.391 e. The third kappa shape index (κ3) is 2.57. The summed E-state index contributed by atoms with van der Waals surface area (Å²) in [5, 5.41) is 0. The molecular weight excluding hydrogens is 267 g/mol. The fourth-order valence-electron chi connectivity index (χ4n) is 3.51. The number of H-pyrrole nitrogens is 1. The van der Waals surface area contributed by atoms with Crippen molar-refractivity contribution in [2.75, 3.05) is 0 Å². The van der Waals surface area contributed by atoms with Crippen LogP contribution in [0.3, 0.4) is 0 Å². The van der Waals surface area contributed by atoms with Crippen LogP contribution in [0, 0.1) is 5.92 Å². The summed E-state index contributed by atoms with van der Waals surface area (Å²) in [5.74, 6) is -0.563. The first-order valence-electron chi connectivity index (χ1n) is 7.36. The number of halogens is 3. The minimum Gasteiger partial charge on any atom is -0.345 e. The smallest absolute Gasteiger partial charge is 0.345 e. The first-order valence-corrected chi connectivity index (χ1v) is 7.36. The summed E-state index contributed by atoms with van der Waals surface area (Å²) in [6, 6.07) is -0.0641. The van der Waals surface area contributed by atoms with E-state index in [0.717, 1.165) is 42.9 Å². The van der Waals surface area contributed by atoms with Gasteiger partial charge >= 0.3 is 6.18 Å². The van der Waals surface area contributed by atoms with Gasteiger partial charge in [0.15, 0.2) is 0 Å². The Bertz CT molecular complexity index is 480. The Morgan fingerprint density at radius 3 is 2.65 bits per heavy atom. The van der Waals surface area contributed by atoms with Crippen LogP contribution in [0.1, 0.15) is 67.7 Å². The summed E-state index contributed by atoms with van der Waals surface area (Å²) in [6.45, 7) is 0. The summed E-state index contributed by atoms with van der Waals surface area (Å²) in [4.78, 5) is 7.77. The fourth-order valence-corrected chi connectivity index (χ4v) is 3.51. The van der Waals surface area contributed by atoms with Gasteiger partial charge in [-0.15, -0.1) is 0 Å². The van der Waals surface area contributed by atoms with E-state index >= 15 is 0 Å². The molecule has 1 aromatic rings. The Balaban J connectivity index is 1.79. The second kappa shape index (κ2) is 5.06. The molecule has 112 valence electrons. The van der Waals surface area contributed by atoms with Gasteiger partial charge in [0, 0.05) is 17.7 Å². The molecule has 0 radical (unpaired) electrons. The van der Waals surface area contributed by atoms with Crippen LogP contribution in [0.5, 0.6) is 0 Å². The second-order valence-electron chi connectivity index (χ2n) is 6.09. The molecule has 0 aromatic carbocycles. The number of nitrogens with zero attached hydrogens (tertiary/aromatic N) is 1. The van der Waals surface area contributed by atoms with Crippen LogP contribution in [0.4, 0.5) is 13.2 Å². The molecule has 1 heterocycles. The quantitative estimate of drug-likeness (QED) is 0.829. The maximum atomic E-state index is 12.9. The van der Waals surface area contributed by atoms with E-state index in [2.05, 4.69) is 9.97 Å². The molecule has 3 rings (SSSR count). The van der Waals surface area contributed by atoms with Crippen molar-refractivity contribution in [3.8, 4) is 0 Å². The van der Waals surface area contributed by atoms with Gasteiger partial charge in [0.1, 0.15) is 5.82 Å². The number of rotatable bonds is 1. The first kappa shape index (κ1) is 13.9. The van der Waals surface area contributed by atoms with E-state index in [4.69, 9.17) is 5.73 Å². The number of nitrogens with two attached hydrogens (primary N) is 1. The number of hydrogen-bond acceptors (Lipinski definition) is 2. The average molecular weight is 287 g/mol. The zero-order chi connectivity index (χ0) is 14.3. The predicted octanol–water partition coefficient (Wildman–Crippen LogP) is 3.58. The van der Waals surface area contributed by atoms with Crippen LogP contribution in [0.15, 0.2) is 0 Å². The van der Waals surface area contributed by atoms with Gasteiger partial charge in [0.05, 0.1) is 11.6 Å². The SMILES string of the molecule is NC1CCCc2[nH]c(C3CCCC(C(F)(F)F)C3)nc21. The lowest BCUT2D eigenvalue weighted by Gasteiger charge is -2.29. The minimum absolute atomic E-state index is 0.0641. The zero-order valence-corrected chi connectivity index (χ0v) is 11.3. The predicted molar refractivity (Wildman–Crippen MR) is 69.2 cm³/mol. The van der Waals surface area contributed by atoms with E-state index < -0.39 is 12.1 Å². The molecule has 0 bridgehead atoms. The normalized spacial score (nSPS) is 31.1. The molecule has 2 aliphatic carbocycles. The van der Waals surface area contributed by atoms with Crippen LogP contribution < -0.4 is 5.73 Å². The highest BCUT2D eigenvalue weighted by Crippen LogP contribution is 2.43. The van der Waals surface area contributed by atoms with E-state index in [1.54, 1.807) is 0 Å². The fraction of sp³-hybridized carbons (Fsp3) is 0.786. The van der Waals surface area contributed by atoms with Crippen LogP contribution >= 0.6 is 0 Å². The number of nitrogens with one attached hydrogen (secondary N) is 1. The van der Waals surface area contributed by atoms with Crippen molar-refractivity contribution < 1.29 is 13.2 Å². The number of aromatic amines is 1. The van der Waals surface area contributed by atoms with Gasteiger partial charge in [0.2, 0.25) is 0 Å². The molecule has 2 aliphatic rings. The standard InChI is InChI=1S/C14H20F3N3/c15-14(16,17)9-4-1-3-8(7-9)13-19-11-6-2-5-10(18)12(11)20-13/h8-10H,1-7,18H2,(H,19,20). The lowest BCUT2D eigenvalue weighted by atomic mass is 9.80. The van der Waals surface area contributed by atoms with Gasteiger partial charge in [-0.3, -0.25) is 0 Å². The zero-order valence-electron chi connectivity index (χ0n) is 11.3. The maximum absolute atomic E-state index is 12.9. The van der Waals surface area contributed by atoms with Gasteiger partial charge in [-0.1, -0.05) is 6.42 Å². The van der Waals surface area contributed by atoms with Gasteiger partial charge in [-0.2, -0.15) is 13.2 Å². The van der Waals surface area contributed by atoms with Gasteiger partial charge < -0.3 is 10.7 Å². The lowest BCUT2D eigenvalue weighted by Crippen LogP contribution is -2.28. The highest BCUT2D eigenvalue weighted by Gasteiger charge is 2.43. The highest BCUT2D eigenvalue weighted by molar-refractivity contribution is 5.22. The molecule has 1 aromatic heterocycles. The molecule has 6 heteroatoms. The molecule has 1 saturated carbocycles. The van der Waals surface area contributed by atoms with E-state index in [9.17, 15) is 13.2 Å². The molecule has 3 nitrogen and oxygen atoms in total. The van der Waals surface area contributed by atoms with Crippen LogP contribution in [-0.2, 0) is 6.42 Å². The van der Waals surface area contributed by atoms with E-state index in [-0.39, 0.29) is 24.8 Å².